The lowest BCUT2D eigenvalue weighted by atomic mass is 10.1. The molecule has 1 aliphatic heterocycles. The van der Waals surface area contributed by atoms with Gasteiger partial charge in [0.15, 0.2) is 0 Å². The first-order valence-corrected chi connectivity index (χ1v) is 10.2. The summed E-state index contributed by atoms with van der Waals surface area (Å²) in [6, 6.07) is 5.65. The van der Waals surface area contributed by atoms with Crippen LogP contribution in [0.25, 0.3) is 0 Å². The molecule has 0 radical (unpaired) electrons. The smallest absolute Gasteiger partial charge is 0.304 e. The molecule has 7 heteroatoms. The van der Waals surface area contributed by atoms with E-state index in [4.69, 9.17) is 0 Å². The number of benzene rings is 1. The van der Waals surface area contributed by atoms with Gasteiger partial charge in [0.05, 0.1) is 5.69 Å². The topological polar surface area (TPSA) is 60.9 Å². The minimum absolute atomic E-state index is 0.131. The molecule has 0 bridgehead atoms. The summed E-state index contributed by atoms with van der Waals surface area (Å²) in [7, 11) is -0.775. The molecular weight excluding hydrogens is 338 g/mol. The first-order chi connectivity index (χ1) is 11.7. The third-order valence-corrected chi connectivity index (χ3v) is 6.42. The molecule has 2 rings (SSSR count). The highest BCUT2D eigenvalue weighted by Crippen LogP contribution is 2.25. The maximum atomic E-state index is 12.9. The summed E-state index contributed by atoms with van der Waals surface area (Å²) in [5, 5.41) is 0. The van der Waals surface area contributed by atoms with E-state index in [2.05, 4.69) is 0 Å². The Hall–Kier alpha value is -1.60. The number of likely N-dealkylation sites (tertiary alicyclic amines) is 1. The van der Waals surface area contributed by atoms with Crippen LogP contribution in [0.2, 0.25) is 0 Å². The van der Waals surface area contributed by atoms with Gasteiger partial charge in [0.25, 0.3) is 0 Å². The van der Waals surface area contributed by atoms with Crippen molar-refractivity contribution in [1.29, 1.82) is 0 Å². The van der Waals surface area contributed by atoms with Crippen LogP contribution in [0, 0.1) is 13.8 Å². The molecule has 0 spiro atoms. The van der Waals surface area contributed by atoms with Crippen LogP contribution in [0.4, 0.5) is 5.69 Å². The summed E-state index contributed by atoms with van der Waals surface area (Å²) in [4.78, 5) is 14.6. The molecule has 1 heterocycles. The van der Waals surface area contributed by atoms with E-state index in [0.717, 1.165) is 41.1 Å². The second-order valence-corrected chi connectivity index (χ2v) is 8.95. The largest absolute Gasteiger partial charge is 0.341 e. The van der Waals surface area contributed by atoms with Gasteiger partial charge in [-0.1, -0.05) is 25.0 Å². The lowest BCUT2D eigenvalue weighted by molar-refractivity contribution is -0.129. The molecule has 0 aliphatic carbocycles. The quantitative estimate of drug-likeness (QED) is 0.802. The predicted molar refractivity (Wildman–Crippen MR) is 101 cm³/mol. The average molecular weight is 368 g/mol. The molecule has 1 saturated heterocycles. The highest BCUT2D eigenvalue weighted by atomic mass is 32.2. The Labute approximate surface area is 151 Å². The van der Waals surface area contributed by atoms with E-state index >= 15 is 0 Å². The molecule has 0 atom stereocenters. The zero-order valence-electron chi connectivity index (χ0n) is 15.7. The van der Waals surface area contributed by atoms with Gasteiger partial charge < -0.3 is 4.90 Å². The van der Waals surface area contributed by atoms with Crippen LogP contribution in [-0.4, -0.2) is 57.3 Å². The Kier molecular flexibility index (Phi) is 6.46. The number of anilines is 1. The van der Waals surface area contributed by atoms with E-state index in [1.54, 1.807) is 4.90 Å². The zero-order chi connectivity index (χ0) is 18.6. The molecule has 0 aromatic heterocycles. The molecule has 6 nitrogen and oxygen atoms in total. The normalized spacial score (nSPS) is 16.0. The fourth-order valence-electron chi connectivity index (χ4n) is 3.02. The Bertz CT molecular complexity index is 708. The van der Waals surface area contributed by atoms with Crippen molar-refractivity contribution in [3.63, 3.8) is 0 Å². The fraction of sp³-hybridized carbons (Fsp3) is 0.611. The van der Waals surface area contributed by atoms with Crippen LogP contribution >= 0.6 is 0 Å². The predicted octanol–water partition coefficient (Wildman–Crippen LogP) is 2.32. The Morgan fingerprint density at radius 3 is 2.24 bits per heavy atom. The molecule has 1 aromatic carbocycles. The molecule has 140 valence electrons. The van der Waals surface area contributed by atoms with Gasteiger partial charge >= 0.3 is 10.2 Å². The number of hydrogen-bond donors (Lipinski definition) is 0. The third kappa shape index (κ3) is 4.73. The summed E-state index contributed by atoms with van der Waals surface area (Å²) in [6.45, 7) is 5.04. The van der Waals surface area contributed by atoms with Crippen molar-refractivity contribution in [2.75, 3.05) is 38.0 Å². The van der Waals surface area contributed by atoms with Gasteiger partial charge in [0.1, 0.15) is 6.54 Å². The molecule has 1 aromatic rings. The fourth-order valence-corrected chi connectivity index (χ4v) is 4.13. The number of hydrogen-bond acceptors (Lipinski definition) is 3. The monoisotopic (exact) mass is 367 g/mol. The van der Waals surface area contributed by atoms with Crippen LogP contribution in [-0.2, 0) is 15.0 Å². The van der Waals surface area contributed by atoms with Crippen molar-refractivity contribution >= 4 is 21.8 Å². The standard InChI is InChI=1S/C18H29N3O3S/c1-15-9-10-16(2)17(13-15)21(25(23,24)19(3)4)14-18(22)20-11-7-5-6-8-12-20/h9-10,13H,5-8,11-12,14H2,1-4H3. The van der Waals surface area contributed by atoms with E-state index in [0.29, 0.717) is 18.8 Å². The Morgan fingerprint density at radius 2 is 1.68 bits per heavy atom. The van der Waals surface area contributed by atoms with E-state index in [1.165, 1.54) is 18.4 Å². The molecule has 0 unspecified atom stereocenters. The number of aryl methyl sites for hydroxylation is 2. The highest BCUT2D eigenvalue weighted by molar-refractivity contribution is 7.90. The summed E-state index contributed by atoms with van der Waals surface area (Å²) in [5.74, 6) is -0.131. The van der Waals surface area contributed by atoms with Gasteiger partial charge in [-0.25, -0.2) is 4.31 Å². The molecule has 0 saturated carbocycles. The van der Waals surface area contributed by atoms with Crippen LogP contribution in [0.3, 0.4) is 0 Å². The molecule has 1 amide bonds. The van der Waals surface area contributed by atoms with E-state index in [-0.39, 0.29) is 12.5 Å². The maximum Gasteiger partial charge on any atom is 0.304 e. The van der Waals surface area contributed by atoms with Crippen LogP contribution in [0.15, 0.2) is 18.2 Å². The average Bonchev–Trinajstić information content (AvgIpc) is 2.84. The number of amides is 1. The first kappa shape index (κ1) is 19.7. The Morgan fingerprint density at radius 1 is 1.08 bits per heavy atom. The van der Waals surface area contributed by atoms with Crippen molar-refractivity contribution in [3.05, 3.63) is 29.3 Å². The molecule has 0 N–H and O–H groups in total. The number of nitrogens with zero attached hydrogens (tertiary/aromatic N) is 3. The zero-order valence-corrected chi connectivity index (χ0v) is 16.5. The van der Waals surface area contributed by atoms with Gasteiger partial charge in [0.2, 0.25) is 5.91 Å². The highest BCUT2D eigenvalue weighted by Gasteiger charge is 2.30. The second-order valence-electron chi connectivity index (χ2n) is 6.88. The van der Waals surface area contributed by atoms with E-state index in [9.17, 15) is 13.2 Å². The minimum atomic E-state index is -3.75. The first-order valence-electron chi connectivity index (χ1n) is 8.78. The van der Waals surface area contributed by atoms with Crippen LogP contribution < -0.4 is 4.31 Å². The summed E-state index contributed by atoms with van der Waals surface area (Å²) < 4.78 is 28.1. The van der Waals surface area contributed by atoms with Gasteiger partial charge in [-0.15, -0.1) is 0 Å². The summed E-state index contributed by atoms with van der Waals surface area (Å²) in [6.07, 6.45) is 4.21. The Balaban J connectivity index is 2.35. The molecule has 25 heavy (non-hydrogen) atoms. The maximum absolute atomic E-state index is 12.9. The molecular formula is C18H29N3O3S. The lowest BCUT2D eigenvalue weighted by Crippen LogP contribution is -2.47. The van der Waals surface area contributed by atoms with Crippen LogP contribution in [0.5, 0.6) is 0 Å². The summed E-state index contributed by atoms with van der Waals surface area (Å²) in [5.41, 5.74) is 2.36. The molecule has 1 fully saturated rings. The van der Waals surface area contributed by atoms with Gasteiger partial charge in [0, 0.05) is 27.2 Å². The number of carbonyl (C=O) groups is 1. The minimum Gasteiger partial charge on any atom is -0.341 e. The van der Waals surface area contributed by atoms with Crippen molar-refractivity contribution in [2.24, 2.45) is 0 Å². The van der Waals surface area contributed by atoms with Crippen molar-refractivity contribution in [3.8, 4) is 0 Å². The van der Waals surface area contributed by atoms with Crippen molar-refractivity contribution < 1.29 is 13.2 Å². The van der Waals surface area contributed by atoms with Gasteiger partial charge in [-0.3, -0.25) is 4.79 Å². The van der Waals surface area contributed by atoms with Gasteiger partial charge in [-0.2, -0.15) is 12.7 Å². The SMILES string of the molecule is Cc1ccc(C)c(N(CC(=O)N2CCCCCC2)S(=O)(=O)N(C)C)c1. The number of rotatable bonds is 5. The molecule has 1 aliphatic rings. The van der Waals surface area contributed by atoms with Crippen molar-refractivity contribution in [1.82, 2.24) is 9.21 Å². The lowest BCUT2D eigenvalue weighted by Gasteiger charge is -2.30. The summed E-state index contributed by atoms with van der Waals surface area (Å²) >= 11 is 0. The van der Waals surface area contributed by atoms with E-state index < -0.39 is 10.2 Å². The van der Waals surface area contributed by atoms with Crippen LogP contribution in [0.1, 0.15) is 36.8 Å². The second kappa shape index (κ2) is 8.19. The van der Waals surface area contributed by atoms with Gasteiger partial charge in [-0.05, 0) is 43.9 Å². The van der Waals surface area contributed by atoms with Crippen molar-refractivity contribution in [2.45, 2.75) is 39.5 Å². The van der Waals surface area contributed by atoms with E-state index in [1.807, 2.05) is 32.0 Å². The number of carbonyl (C=O) groups excluding carboxylic acids is 1. The third-order valence-electron chi connectivity index (χ3n) is 4.61.